The van der Waals surface area contributed by atoms with Crippen molar-refractivity contribution in [2.75, 3.05) is 23.9 Å². The highest BCUT2D eigenvalue weighted by atomic mass is 32.2. The lowest BCUT2D eigenvalue weighted by molar-refractivity contribution is 0.0445. The third-order valence-electron chi connectivity index (χ3n) is 6.63. The van der Waals surface area contributed by atoms with Gasteiger partial charge in [-0.05, 0) is 55.8 Å². The van der Waals surface area contributed by atoms with E-state index in [0.717, 1.165) is 10.9 Å². The number of ether oxygens (including phenoxy) is 2. The summed E-state index contributed by atoms with van der Waals surface area (Å²) in [6.45, 7) is 8.02. The molecule has 10 nitrogen and oxygen atoms in total. The summed E-state index contributed by atoms with van der Waals surface area (Å²) >= 11 is 0. The minimum absolute atomic E-state index is 0.0106. The van der Waals surface area contributed by atoms with Crippen LogP contribution in [-0.4, -0.2) is 54.1 Å². The van der Waals surface area contributed by atoms with Crippen LogP contribution in [0.5, 0.6) is 5.88 Å². The van der Waals surface area contributed by atoms with Crippen molar-refractivity contribution in [3.63, 3.8) is 0 Å². The van der Waals surface area contributed by atoms with Crippen LogP contribution in [0.15, 0.2) is 30.6 Å². The quantitative estimate of drug-likeness (QED) is 0.394. The Hall–Kier alpha value is -3.31. The van der Waals surface area contributed by atoms with Gasteiger partial charge in [-0.25, -0.2) is 28.2 Å². The van der Waals surface area contributed by atoms with Gasteiger partial charge in [-0.15, -0.1) is 0 Å². The van der Waals surface area contributed by atoms with Gasteiger partial charge in [0.15, 0.2) is 0 Å². The number of hydrogen-bond donors (Lipinski definition) is 2. The zero-order valence-electron chi connectivity index (χ0n) is 21.7. The molecule has 0 saturated heterocycles. The van der Waals surface area contributed by atoms with Crippen LogP contribution < -0.4 is 15.8 Å². The zero-order valence-corrected chi connectivity index (χ0v) is 22.6. The number of pyridine rings is 3. The normalized spacial score (nSPS) is 18.0. The predicted octanol–water partition coefficient (Wildman–Crippen LogP) is 3.83. The molecular weight excluding hydrogens is 494 g/mol. The van der Waals surface area contributed by atoms with E-state index in [9.17, 15) is 13.2 Å². The Morgan fingerprint density at radius 3 is 2.70 bits per heavy atom. The van der Waals surface area contributed by atoms with Gasteiger partial charge in [-0.3, -0.25) is 0 Å². The number of carbonyl (C=O) groups excluding carboxylic acids is 1. The molecule has 0 bridgehead atoms. The lowest BCUT2D eigenvalue weighted by Gasteiger charge is -2.26. The molecule has 4 heterocycles. The lowest BCUT2D eigenvalue weighted by atomic mass is 9.88. The van der Waals surface area contributed by atoms with Gasteiger partial charge >= 0.3 is 5.97 Å². The Balaban J connectivity index is 1.70. The fourth-order valence-electron chi connectivity index (χ4n) is 4.13. The van der Waals surface area contributed by atoms with Gasteiger partial charge in [0.2, 0.25) is 5.88 Å². The highest BCUT2D eigenvalue weighted by Crippen LogP contribution is 2.35. The highest BCUT2D eigenvalue weighted by molar-refractivity contribution is 7.90. The second-order valence-corrected chi connectivity index (χ2v) is 12.2. The summed E-state index contributed by atoms with van der Waals surface area (Å²) in [6.07, 6.45) is 5.24. The molecule has 0 fully saturated rings. The van der Waals surface area contributed by atoms with E-state index >= 15 is 0 Å². The van der Waals surface area contributed by atoms with Crippen LogP contribution in [0.1, 0.15) is 68.1 Å². The molecule has 1 aliphatic rings. The number of fused-ring (bicyclic) bond motifs is 2. The van der Waals surface area contributed by atoms with Gasteiger partial charge in [-0.2, -0.15) is 0 Å². The summed E-state index contributed by atoms with van der Waals surface area (Å²) in [4.78, 5) is 25.8. The summed E-state index contributed by atoms with van der Waals surface area (Å²) in [7, 11) is -3.10. The van der Waals surface area contributed by atoms with E-state index in [2.05, 4.69) is 20.3 Å². The van der Waals surface area contributed by atoms with Gasteiger partial charge in [0.05, 0.1) is 35.1 Å². The van der Waals surface area contributed by atoms with E-state index in [1.165, 1.54) is 6.26 Å². The first-order chi connectivity index (χ1) is 17.4. The van der Waals surface area contributed by atoms with Crippen molar-refractivity contribution in [3.05, 3.63) is 47.4 Å². The van der Waals surface area contributed by atoms with Crippen molar-refractivity contribution in [2.24, 2.45) is 5.73 Å². The van der Waals surface area contributed by atoms with Crippen LogP contribution in [0.3, 0.4) is 0 Å². The lowest BCUT2D eigenvalue weighted by Crippen LogP contribution is -2.32. The maximum Gasteiger partial charge on any atom is 0.340 e. The molecule has 0 saturated carbocycles. The molecule has 11 heteroatoms. The van der Waals surface area contributed by atoms with Crippen LogP contribution in [0.4, 0.5) is 11.6 Å². The molecule has 3 aromatic rings. The largest absolute Gasteiger partial charge is 0.474 e. The van der Waals surface area contributed by atoms with Crippen molar-refractivity contribution in [1.82, 2.24) is 15.0 Å². The molecule has 198 valence electrons. The first-order valence-electron chi connectivity index (χ1n) is 12.3. The number of aromatic nitrogens is 3. The van der Waals surface area contributed by atoms with Gasteiger partial charge < -0.3 is 20.5 Å². The number of nitrogens with one attached hydrogen (secondary N) is 1. The van der Waals surface area contributed by atoms with Crippen LogP contribution in [0.25, 0.3) is 10.8 Å². The second kappa shape index (κ2) is 10.2. The van der Waals surface area contributed by atoms with Crippen molar-refractivity contribution >= 4 is 38.2 Å². The molecule has 0 spiro atoms. The Bertz CT molecular complexity index is 1440. The zero-order chi connectivity index (χ0) is 27.0. The number of carbonyl (C=O) groups is 1. The SMILES string of the molecule is CC[C@@](C)(N)c1cnc(O[C@H](C)CCS(C)(=O)=O)c2cnc(Nc3ccc4c(n3)[C@H](C)COC4=O)cc12. The summed E-state index contributed by atoms with van der Waals surface area (Å²) in [5.41, 5.74) is 7.96. The predicted molar refractivity (Wildman–Crippen MR) is 142 cm³/mol. The van der Waals surface area contributed by atoms with Crippen LogP contribution >= 0.6 is 0 Å². The molecular formula is C26H33N5O5S. The van der Waals surface area contributed by atoms with Gasteiger partial charge in [0.25, 0.3) is 0 Å². The first kappa shape index (κ1) is 26.7. The van der Waals surface area contributed by atoms with Gasteiger partial charge in [0.1, 0.15) is 21.5 Å². The standard InChI is InChI=1S/C26H33N5O5S/c1-6-26(4,27)20-13-29-24(36-16(3)9-10-37(5,33)34)19-12-28-22(11-18(19)20)30-21-8-7-17-23(31-21)15(2)14-35-25(17)32/h7-8,11-13,15-16H,6,9-10,14,27H2,1-5H3,(H,28,30,31)/t15-,16-,26-/m1/s1. The summed E-state index contributed by atoms with van der Waals surface area (Å²) < 4.78 is 34.3. The third-order valence-corrected chi connectivity index (χ3v) is 7.60. The van der Waals surface area contributed by atoms with Crippen molar-refractivity contribution in [1.29, 1.82) is 0 Å². The molecule has 3 aromatic heterocycles. The first-order valence-corrected chi connectivity index (χ1v) is 14.3. The maximum absolute atomic E-state index is 12.1. The molecule has 0 aliphatic carbocycles. The van der Waals surface area contributed by atoms with Crippen LogP contribution in [-0.2, 0) is 20.1 Å². The molecule has 0 amide bonds. The van der Waals surface area contributed by atoms with Crippen molar-refractivity contribution < 1.29 is 22.7 Å². The van der Waals surface area contributed by atoms with E-state index in [1.807, 2.05) is 33.8 Å². The Morgan fingerprint density at radius 2 is 2.00 bits per heavy atom. The second-order valence-electron chi connectivity index (χ2n) is 9.96. The number of cyclic esters (lactones) is 1. The molecule has 0 aromatic carbocycles. The molecule has 1 aliphatic heterocycles. The molecule has 0 radical (unpaired) electrons. The average molecular weight is 528 g/mol. The number of sulfone groups is 1. The van der Waals surface area contributed by atoms with Gasteiger partial charge in [0, 0.05) is 30.1 Å². The van der Waals surface area contributed by atoms with E-state index < -0.39 is 15.4 Å². The number of esters is 1. The van der Waals surface area contributed by atoms with E-state index in [-0.39, 0.29) is 23.7 Å². The van der Waals surface area contributed by atoms with E-state index in [0.29, 0.717) is 53.6 Å². The number of hydrogen-bond acceptors (Lipinski definition) is 10. The Labute approximate surface area is 216 Å². The molecule has 37 heavy (non-hydrogen) atoms. The fourth-order valence-corrected chi connectivity index (χ4v) is 4.89. The minimum atomic E-state index is -3.10. The number of anilines is 2. The smallest absolute Gasteiger partial charge is 0.340 e. The van der Waals surface area contributed by atoms with Crippen LogP contribution in [0.2, 0.25) is 0 Å². The molecule has 0 unspecified atom stereocenters. The fraction of sp³-hybridized carbons (Fsp3) is 0.462. The Morgan fingerprint density at radius 1 is 1.24 bits per heavy atom. The van der Waals surface area contributed by atoms with Crippen molar-refractivity contribution in [2.45, 2.75) is 58.1 Å². The van der Waals surface area contributed by atoms with Crippen molar-refractivity contribution in [3.8, 4) is 5.88 Å². The maximum atomic E-state index is 12.1. The molecule has 3 N–H and O–H groups in total. The summed E-state index contributed by atoms with van der Waals surface area (Å²) in [5, 5.41) is 4.73. The number of rotatable bonds is 9. The summed E-state index contributed by atoms with van der Waals surface area (Å²) in [6, 6.07) is 5.30. The molecule has 4 rings (SSSR count). The molecule has 3 atom stereocenters. The monoisotopic (exact) mass is 527 g/mol. The highest BCUT2D eigenvalue weighted by Gasteiger charge is 2.27. The topological polar surface area (TPSA) is 146 Å². The number of nitrogens with zero attached hydrogens (tertiary/aromatic N) is 3. The van der Waals surface area contributed by atoms with Gasteiger partial charge in [-0.1, -0.05) is 13.8 Å². The summed E-state index contributed by atoms with van der Waals surface area (Å²) in [5.74, 6) is 1.11. The van der Waals surface area contributed by atoms with E-state index in [4.69, 9.17) is 15.2 Å². The average Bonchev–Trinajstić information content (AvgIpc) is 2.84. The van der Waals surface area contributed by atoms with E-state index in [1.54, 1.807) is 24.5 Å². The third kappa shape index (κ3) is 5.99. The minimum Gasteiger partial charge on any atom is -0.474 e. The Kier molecular flexibility index (Phi) is 7.38. The number of nitrogens with two attached hydrogens (primary N) is 1. The van der Waals surface area contributed by atoms with Crippen LogP contribution in [0, 0.1) is 0 Å².